The number of nitrogens with one attached hydrogen (secondary N) is 2. The van der Waals surface area contributed by atoms with Crippen LogP contribution in [-0.2, 0) is 16.0 Å². The number of methoxy groups -OCH3 is 1. The van der Waals surface area contributed by atoms with Crippen LogP contribution in [0.3, 0.4) is 0 Å². The lowest BCUT2D eigenvalue weighted by atomic mass is 10.0. The van der Waals surface area contributed by atoms with E-state index < -0.39 is 0 Å². The highest BCUT2D eigenvalue weighted by atomic mass is 16.5. The third kappa shape index (κ3) is 4.51. The Labute approximate surface area is 170 Å². The third-order valence-corrected chi connectivity index (χ3v) is 5.35. The van der Waals surface area contributed by atoms with Gasteiger partial charge in [0, 0.05) is 32.1 Å². The first-order valence-corrected chi connectivity index (χ1v) is 9.83. The summed E-state index contributed by atoms with van der Waals surface area (Å²) in [5.41, 5.74) is 2.83. The Kier molecular flexibility index (Phi) is 5.67. The summed E-state index contributed by atoms with van der Waals surface area (Å²) in [4.78, 5) is 26.2. The standard InChI is InChI=1S/C22H25N3O4/c1-28-17-6-4-16(5-7-17)19-13-25(11-10-23-19)22(27)9-3-15-2-8-20-18(12-15)24-21(26)14-29-20/h2,4-8,12,19,23H,3,9-11,13-14H2,1H3,(H,24,26). The van der Waals surface area contributed by atoms with Crippen LogP contribution in [0.4, 0.5) is 5.69 Å². The number of carbonyl (C=O) groups excluding carboxylic acids is 2. The highest BCUT2D eigenvalue weighted by Gasteiger charge is 2.24. The maximum Gasteiger partial charge on any atom is 0.262 e. The number of piperazine rings is 1. The summed E-state index contributed by atoms with van der Waals surface area (Å²) < 4.78 is 10.6. The van der Waals surface area contributed by atoms with Crippen molar-refractivity contribution in [1.29, 1.82) is 0 Å². The van der Waals surface area contributed by atoms with E-state index in [1.165, 1.54) is 0 Å². The smallest absolute Gasteiger partial charge is 0.262 e. The summed E-state index contributed by atoms with van der Waals surface area (Å²) in [6.45, 7) is 2.17. The molecule has 1 atom stereocenters. The molecule has 0 aromatic heterocycles. The molecule has 1 unspecified atom stereocenters. The van der Waals surface area contributed by atoms with Gasteiger partial charge < -0.3 is 25.0 Å². The molecule has 0 bridgehead atoms. The number of aryl methyl sites for hydroxylation is 1. The lowest BCUT2D eigenvalue weighted by Crippen LogP contribution is -2.48. The van der Waals surface area contributed by atoms with Crippen LogP contribution in [0.15, 0.2) is 42.5 Å². The largest absolute Gasteiger partial charge is 0.497 e. The predicted molar refractivity (Wildman–Crippen MR) is 109 cm³/mol. The molecular weight excluding hydrogens is 370 g/mol. The van der Waals surface area contributed by atoms with Gasteiger partial charge in [0.25, 0.3) is 5.91 Å². The zero-order chi connectivity index (χ0) is 20.2. The van der Waals surface area contributed by atoms with E-state index in [1.807, 2.05) is 47.4 Å². The lowest BCUT2D eigenvalue weighted by Gasteiger charge is -2.34. The molecule has 0 saturated carbocycles. The number of rotatable bonds is 5. The minimum absolute atomic E-state index is 0.0448. The van der Waals surface area contributed by atoms with Crippen molar-refractivity contribution < 1.29 is 19.1 Å². The summed E-state index contributed by atoms with van der Waals surface area (Å²) >= 11 is 0. The van der Waals surface area contributed by atoms with Crippen LogP contribution in [0.5, 0.6) is 11.5 Å². The average molecular weight is 395 g/mol. The molecule has 0 spiro atoms. The van der Waals surface area contributed by atoms with Crippen molar-refractivity contribution in [2.24, 2.45) is 0 Å². The molecule has 29 heavy (non-hydrogen) atoms. The van der Waals surface area contributed by atoms with Crippen molar-refractivity contribution in [3.63, 3.8) is 0 Å². The van der Waals surface area contributed by atoms with Crippen molar-refractivity contribution in [2.45, 2.75) is 18.9 Å². The van der Waals surface area contributed by atoms with E-state index in [9.17, 15) is 9.59 Å². The molecule has 2 heterocycles. The number of fused-ring (bicyclic) bond motifs is 1. The molecular formula is C22H25N3O4. The van der Waals surface area contributed by atoms with Crippen LogP contribution in [0.25, 0.3) is 0 Å². The van der Waals surface area contributed by atoms with Crippen LogP contribution in [0.2, 0.25) is 0 Å². The second-order valence-corrected chi connectivity index (χ2v) is 7.29. The molecule has 7 heteroatoms. The van der Waals surface area contributed by atoms with Gasteiger partial charge in [0.1, 0.15) is 11.5 Å². The number of amides is 2. The maximum atomic E-state index is 12.8. The van der Waals surface area contributed by atoms with Gasteiger partial charge in [0.15, 0.2) is 6.61 Å². The van der Waals surface area contributed by atoms with E-state index in [4.69, 9.17) is 9.47 Å². The van der Waals surface area contributed by atoms with Gasteiger partial charge >= 0.3 is 0 Å². The van der Waals surface area contributed by atoms with Crippen LogP contribution in [-0.4, -0.2) is 50.1 Å². The molecule has 0 radical (unpaired) electrons. The van der Waals surface area contributed by atoms with Crippen molar-refractivity contribution >= 4 is 17.5 Å². The molecule has 2 amide bonds. The normalized spacial score (nSPS) is 18.4. The number of anilines is 1. The highest BCUT2D eigenvalue weighted by molar-refractivity contribution is 5.95. The topological polar surface area (TPSA) is 79.9 Å². The first-order chi connectivity index (χ1) is 14.1. The second-order valence-electron chi connectivity index (χ2n) is 7.29. The van der Waals surface area contributed by atoms with E-state index >= 15 is 0 Å². The summed E-state index contributed by atoms with van der Waals surface area (Å²) in [5.74, 6) is 1.48. The zero-order valence-electron chi connectivity index (χ0n) is 16.4. The minimum atomic E-state index is -0.156. The van der Waals surface area contributed by atoms with E-state index in [0.29, 0.717) is 37.4 Å². The van der Waals surface area contributed by atoms with Crippen molar-refractivity contribution in [3.8, 4) is 11.5 Å². The number of ether oxygens (including phenoxy) is 2. The third-order valence-electron chi connectivity index (χ3n) is 5.35. The summed E-state index contributed by atoms with van der Waals surface area (Å²) in [6.07, 6.45) is 1.06. The number of carbonyl (C=O) groups is 2. The quantitative estimate of drug-likeness (QED) is 0.811. The molecule has 2 N–H and O–H groups in total. The van der Waals surface area contributed by atoms with Crippen molar-refractivity contribution in [2.75, 3.05) is 38.7 Å². The van der Waals surface area contributed by atoms with Gasteiger partial charge in [-0.2, -0.15) is 0 Å². The Morgan fingerprint density at radius 1 is 1.24 bits per heavy atom. The van der Waals surface area contributed by atoms with Gasteiger partial charge in [-0.1, -0.05) is 18.2 Å². The molecule has 0 aliphatic carbocycles. The zero-order valence-corrected chi connectivity index (χ0v) is 16.4. The Morgan fingerprint density at radius 3 is 2.86 bits per heavy atom. The Hall–Kier alpha value is -3.06. The van der Waals surface area contributed by atoms with Crippen molar-refractivity contribution in [3.05, 3.63) is 53.6 Å². The number of nitrogens with zero attached hydrogens (tertiary/aromatic N) is 1. The van der Waals surface area contributed by atoms with Gasteiger partial charge in [-0.15, -0.1) is 0 Å². The van der Waals surface area contributed by atoms with Gasteiger partial charge in [-0.05, 0) is 41.8 Å². The predicted octanol–water partition coefficient (Wildman–Crippen LogP) is 2.13. The summed E-state index contributed by atoms with van der Waals surface area (Å²) in [5, 5.41) is 6.29. The van der Waals surface area contributed by atoms with E-state index in [0.717, 1.165) is 23.4 Å². The van der Waals surface area contributed by atoms with E-state index in [1.54, 1.807) is 7.11 Å². The molecule has 4 rings (SSSR count). The fourth-order valence-corrected chi connectivity index (χ4v) is 3.73. The molecule has 1 saturated heterocycles. The molecule has 1 fully saturated rings. The van der Waals surface area contributed by atoms with Gasteiger partial charge in [-0.3, -0.25) is 9.59 Å². The minimum Gasteiger partial charge on any atom is -0.497 e. The molecule has 2 aromatic carbocycles. The van der Waals surface area contributed by atoms with Gasteiger partial charge in [-0.25, -0.2) is 0 Å². The van der Waals surface area contributed by atoms with Crippen LogP contribution in [0.1, 0.15) is 23.6 Å². The molecule has 152 valence electrons. The number of hydrogen-bond acceptors (Lipinski definition) is 5. The SMILES string of the molecule is COc1ccc(C2CN(C(=O)CCc3ccc4c(c3)NC(=O)CO4)CCN2)cc1. The molecule has 2 aliphatic heterocycles. The Bertz CT molecular complexity index is 897. The first-order valence-electron chi connectivity index (χ1n) is 9.83. The van der Waals surface area contributed by atoms with Gasteiger partial charge in [0.05, 0.1) is 12.8 Å². The van der Waals surface area contributed by atoms with Crippen LogP contribution < -0.4 is 20.1 Å². The monoisotopic (exact) mass is 395 g/mol. The average Bonchev–Trinajstić information content (AvgIpc) is 2.77. The Balaban J connectivity index is 1.34. The van der Waals surface area contributed by atoms with Crippen LogP contribution >= 0.6 is 0 Å². The molecule has 7 nitrogen and oxygen atoms in total. The second kappa shape index (κ2) is 8.53. The Morgan fingerprint density at radius 2 is 2.07 bits per heavy atom. The van der Waals surface area contributed by atoms with Gasteiger partial charge in [0.2, 0.25) is 5.91 Å². The fraction of sp³-hybridized carbons (Fsp3) is 0.364. The lowest BCUT2D eigenvalue weighted by molar-refractivity contribution is -0.132. The molecule has 2 aliphatic rings. The van der Waals surface area contributed by atoms with E-state index in [-0.39, 0.29) is 24.5 Å². The van der Waals surface area contributed by atoms with E-state index in [2.05, 4.69) is 10.6 Å². The van der Waals surface area contributed by atoms with Crippen LogP contribution in [0, 0.1) is 0 Å². The summed E-state index contributed by atoms with van der Waals surface area (Å²) in [7, 11) is 1.65. The van der Waals surface area contributed by atoms with Crippen molar-refractivity contribution in [1.82, 2.24) is 10.2 Å². The number of hydrogen-bond donors (Lipinski definition) is 2. The fourth-order valence-electron chi connectivity index (χ4n) is 3.73. The maximum absolute atomic E-state index is 12.8. The highest BCUT2D eigenvalue weighted by Crippen LogP contribution is 2.29. The molecule has 2 aromatic rings. The summed E-state index contributed by atoms with van der Waals surface area (Å²) in [6, 6.07) is 13.8. The number of benzene rings is 2. The first kappa shape index (κ1) is 19.3.